The largest absolute Gasteiger partial charge is 0.497 e. The average molecular weight is 388 g/mol. The van der Waals surface area contributed by atoms with E-state index in [-0.39, 0.29) is 11.6 Å². The summed E-state index contributed by atoms with van der Waals surface area (Å²) in [5.41, 5.74) is 2.77. The number of hydrogen-bond donors (Lipinski definition) is 2. The van der Waals surface area contributed by atoms with Crippen molar-refractivity contribution in [2.24, 2.45) is 0 Å². The zero-order valence-corrected chi connectivity index (χ0v) is 15.8. The summed E-state index contributed by atoms with van der Waals surface area (Å²) in [7, 11) is 1.59. The van der Waals surface area contributed by atoms with Crippen LogP contribution in [0.2, 0.25) is 0 Å². The van der Waals surface area contributed by atoms with Crippen LogP contribution in [0.1, 0.15) is 31.8 Å². The van der Waals surface area contributed by atoms with Crippen molar-refractivity contribution in [1.82, 2.24) is 0 Å². The molecule has 0 saturated carbocycles. The van der Waals surface area contributed by atoms with Gasteiger partial charge in [-0.3, -0.25) is 9.59 Å². The predicted octanol–water partition coefficient (Wildman–Crippen LogP) is 4.28. The molecule has 0 aromatic heterocycles. The number of carbonyl (C=O) groups is 2. The summed E-state index contributed by atoms with van der Waals surface area (Å²) < 4.78 is 5.20. The summed E-state index contributed by atoms with van der Waals surface area (Å²) in [5.74, 6) is 0.334. The van der Waals surface area contributed by atoms with Crippen LogP contribution in [0.4, 0.5) is 11.4 Å². The molecule has 0 unspecified atom stereocenters. The lowest BCUT2D eigenvalue weighted by Crippen LogP contribution is -2.25. The summed E-state index contributed by atoms with van der Waals surface area (Å²) in [6.07, 6.45) is 0. The highest BCUT2D eigenvalue weighted by atomic mass is 32.1. The predicted molar refractivity (Wildman–Crippen MR) is 113 cm³/mol. The molecule has 138 valence electrons. The molecule has 1 aliphatic rings. The van der Waals surface area contributed by atoms with Crippen LogP contribution in [0.25, 0.3) is 0 Å². The van der Waals surface area contributed by atoms with Crippen molar-refractivity contribution in [2.45, 2.75) is 0 Å². The molecule has 5 nitrogen and oxygen atoms in total. The first-order valence-corrected chi connectivity index (χ1v) is 9.03. The highest BCUT2D eigenvalue weighted by molar-refractivity contribution is 7.80. The van der Waals surface area contributed by atoms with Crippen molar-refractivity contribution in [3.05, 3.63) is 89.0 Å². The van der Waals surface area contributed by atoms with Crippen LogP contribution in [-0.4, -0.2) is 23.8 Å². The number of nitrogens with one attached hydrogen (secondary N) is 2. The van der Waals surface area contributed by atoms with Gasteiger partial charge in [0.15, 0.2) is 16.7 Å². The van der Waals surface area contributed by atoms with Crippen LogP contribution in [0.3, 0.4) is 0 Å². The van der Waals surface area contributed by atoms with Crippen LogP contribution in [0.15, 0.2) is 66.7 Å². The van der Waals surface area contributed by atoms with Crippen molar-refractivity contribution in [1.29, 1.82) is 0 Å². The zero-order chi connectivity index (χ0) is 19.7. The number of methoxy groups -OCH3 is 1. The Labute approximate surface area is 167 Å². The number of carbonyl (C=O) groups excluding carboxylic acids is 2. The van der Waals surface area contributed by atoms with E-state index in [1.54, 1.807) is 55.6 Å². The third-order valence-corrected chi connectivity index (χ3v) is 4.73. The van der Waals surface area contributed by atoms with Gasteiger partial charge in [-0.1, -0.05) is 42.5 Å². The molecule has 3 aromatic carbocycles. The molecule has 0 aliphatic heterocycles. The maximum absolute atomic E-state index is 13.0. The first-order chi connectivity index (χ1) is 13.6. The molecule has 0 heterocycles. The maximum atomic E-state index is 13.0. The second kappa shape index (κ2) is 7.25. The summed E-state index contributed by atoms with van der Waals surface area (Å²) in [6, 6.07) is 19.3. The van der Waals surface area contributed by atoms with E-state index in [0.29, 0.717) is 38.8 Å². The Balaban J connectivity index is 1.64. The van der Waals surface area contributed by atoms with Crippen molar-refractivity contribution in [2.75, 3.05) is 17.7 Å². The SMILES string of the molecule is COc1cccc(NC(=S)Nc2cccc3c2C(=O)c2ccccc2C3=O)c1. The van der Waals surface area contributed by atoms with Gasteiger partial charge >= 0.3 is 0 Å². The third kappa shape index (κ3) is 3.14. The van der Waals surface area contributed by atoms with Crippen LogP contribution in [0.5, 0.6) is 5.75 Å². The number of anilines is 2. The third-order valence-electron chi connectivity index (χ3n) is 4.53. The van der Waals surface area contributed by atoms with Gasteiger partial charge in [-0.05, 0) is 30.4 Å². The lowest BCUT2D eigenvalue weighted by Gasteiger charge is -2.21. The zero-order valence-electron chi connectivity index (χ0n) is 15.0. The quantitative estimate of drug-likeness (QED) is 0.511. The first kappa shape index (κ1) is 17.9. The van der Waals surface area contributed by atoms with Gasteiger partial charge in [0.05, 0.1) is 18.4 Å². The number of rotatable bonds is 3. The van der Waals surface area contributed by atoms with Gasteiger partial charge in [0.2, 0.25) is 0 Å². The van der Waals surface area contributed by atoms with Gasteiger partial charge in [-0.2, -0.15) is 0 Å². The molecular weight excluding hydrogens is 372 g/mol. The normalized spacial score (nSPS) is 12.0. The molecule has 0 saturated heterocycles. The monoisotopic (exact) mass is 388 g/mol. The second-order valence-electron chi connectivity index (χ2n) is 6.24. The van der Waals surface area contributed by atoms with Crippen molar-refractivity contribution < 1.29 is 14.3 Å². The number of fused-ring (bicyclic) bond motifs is 2. The molecule has 4 rings (SSSR count). The van der Waals surface area contributed by atoms with Crippen LogP contribution in [-0.2, 0) is 0 Å². The van der Waals surface area contributed by atoms with E-state index in [1.165, 1.54) is 0 Å². The molecule has 0 amide bonds. The molecule has 0 fully saturated rings. The van der Waals surface area contributed by atoms with E-state index < -0.39 is 0 Å². The first-order valence-electron chi connectivity index (χ1n) is 8.62. The van der Waals surface area contributed by atoms with E-state index in [1.807, 2.05) is 18.2 Å². The van der Waals surface area contributed by atoms with Crippen molar-refractivity contribution >= 4 is 40.3 Å². The average Bonchev–Trinajstić information content (AvgIpc) is 2.72. The van der Waals surface area contributed by atoms with Gasteiger partial charge in [0.1, 0.15) is 5.75 Å². The minimum absolute atomic E-state index is 0.166. The standard InChI is InChI=1S/C22H16N2O3S/c1-27-14-7-4-6-13(12-14)23-22(28)24-18-11-5-10-17-19(18)21(26)16-9-3-2-8-15(16)20(17)25/h2-12H,1H3,(H2,23,24,28). The van der Waals surface area contributed by atoms with Gasteiger partial charge < -0.3 is 15.4 Å². The van der Waals surface area contributed by atoms with E-state index in [2.05, 4.69) is 10.6 Å². The fraction of sp³-hybridized carbons (Fsp3) is 0.0455. The van der Waals surface area contributed by atoms with Crippen LogP contribution < -0.4 is 15.4 Å². The topological polar surface area (TPSA) is 67.4 Å². The van der Waals surface area contributed by atoms with Gasteiger partial charge in [-0.25, -0.2) is 0 Å². The molecule has 0 bridgehead atoms. The summed E-state index contributed by atoms with van der Waals surface area (Å²) in [6.45, 7) is 0. The van der Waals surface area contributed by atoms with E-state index in [9.17, 15) is 9.59 Å². The Hall–Kier alpha value is -3.51. The lowest BCUT2D eigenvalue weighted by atomic mass is 9.83. The fourth-order valence-electron chi connectivity index (χ4n) is 3.23. The highest BCUT2D eigenvalue weighted by Crippen LogP contribution is 2.32. The molecule has 3 aromatic rings. The Morgan fingerprint density at radius 3 is 2.25 bits per heavy atom. The molecule has 0 radical (unpaired) electrons. The molecule has 1 aliphatic carbocycles. The number of hydrogen-bond acceptors (Lipinski definition) is 4. The number of thiocarbonyl (C=S) groups is 1. The van der Waals surface area contributed by atoms with Gasteiger partial charge in [-0.15, -0.1) is 0 Å². The Kier molecular flexibility index (Phi) is 4.63. The smallest absolute Gasteiger partial charge is 0.196 e. The van der Waals surface area contributed by atoms with Crippen LogP contribution in [0, 0.1) is 0 Å². The summed E-state index contributed by atoms with van der Waals surface area (Å²) in [5, 5.41) is 6.41. The molecule has 6 heteroatoms. The number of ketones is 2. The highest BCUT2D eigenvalue weighted by Gasteiger charge is 2.31. The van der Waals surface area contributed by atoms with E-state index in [4.69, 9.17) is 17.0 Å². The Bertz CT molecular complexity index is 1120. The van der Waals surface area contributed by atoms with Gasteiger partial charge in [0.25, 0.3) is 0 Å². The van der Waals surface area contributed by atoms with Crippen molar-refractivity contribution in [3.8, 4) is 5.75 Å². The summed E-state index contributed by atoms with van der Waals surface area (Å²) in [4.78, 5) is 25.8. The minimum Gasteiger partial charge on any atom is -0.497 e. The second-order valence-corrected chi connectivity index (χ2v) is 6.65. The van der Waals surface area contributed by atoms with E-state index in [0.717, 1.165) is 5.69 Å². The molecule has 2 N–H and O–H groups in total. The Morgan fingerprint density at radius 2 is 1.50 bits per heavy atom. The lowest BCUT2D eigenvalue weighted by molar-refractivity contribution is 0.0979. The fourth-order valence-corrected chi connectivity index (χ4v) is 3.46. The number of ether oxygens (including phenoxy) is 1. The molecule has 0 atom stereocenters. The van der Waals surface area contributed by atoms with Gasteiger partial charge in [0, 0.05) is 28.4 Å². The minimum atomic E-state index is -0.197. The molecule has 28 heavy (non-hydrogen) atoms. The summed E-state index contributed by atoms with van der Waals surface area (Å²) >= 11 is 5.39. The number of benzene rings is 3. The van der Waals surface area contributed by atoms with E-state index >= 15 is 0 Å². The maximum Gasteiger partial charge on any atom is 0.196 e. The van der Waals surface area contributed by atoms with Crippen LogP contribution >= 0.6 is 12.2 Å². The Morgan fingerprint density at radius 1 is 0.821 bits per heavy atom. The molecule has 0 spiro atoms. The van der Waals surface area contributed by atoms with Crippen molar-refractivity contribution in [3.63, 3.8) is 0 Å². The molecular formula is C22H16N2O3S.